The molecule has 1 amide bonds. The molecule has 1 aliphatic rings. The van der Waals surface area contributed by atoms with Crippen molar-refractivity contribution < 1.29 is 49.2 Å². The first kappa shape index (κ1) is 23.4. The second-order valence-electron chi connectivity index (χ2n) is 6.89. The van der Waals surface area contributed by atoms with Gasteiger partial charge < -0.3 is 14.8 Å². The third-order valence-electron chi connectivity index (χ3n) is 3.44. The number of hydrogen-bond donors (Lipinski definition) is 1. The maximum absolute atomic E-state index is 14.2. The van der Waals surface area contributed by atoms with Crippen LogP contribution in [0.4, 0.5) is 22.4 Å². The summed E-state index contributed by atoms with van der Waals surface area (Å²) in [6, 6.07) is 0. The van der Waals surface area contributed by atoms with Crippen LogP contribution in [0.25, 0.3) is 0 Å². The lowest BCUT2D eigenvalue weighted by Crippen LogP contribution is -2.55. The van der Waals surface area contributed by atoms with E-state index in [9.17, 15) is 35.6 Å². The van der Waals surface area contributed by atoms with Gasteiger partial charge in [-0.25, -0.2) is 14.0 Å². The lowest BCUT2D eigenvalue weighted by molar-refractivity contribution is -0.151. The van der Waals surface area contributed by atoms with E-state index in [4.69, 9.17) is 9.47 Å². The number of halogens is 4. The number of ether oxygens (including phenoxy) is 2. The summed E-state index contributed by atoms with van der Waals surface area (Å²) in [7, 11) is -6.10. The minimum atomic E-state index is -6.10. The van der Waals surface area contributed by atoms with E-state index >= 15 is 0 Å². The molecule has 0 heterocycles. The van der Waals surface area contributed by atoms with Gasteiger partial charge in [0.05, 0.1) is 6.61 Å². The smallest absolute Gasteiger partial charge is 0.464 e. The predicted molar refractivity (Wildman–Crippen MR) is 82.7 cm³/mol. The zero-order valence-electron chi connectivity index (χ0n) is 15.1. The van der Waals surface area contributed by atoms with Crippen LogP contribution in [0.15, 0.2) is 0 Å². The Morgan fingerprint density at radius 1 is 1.19 bits per heavy atom. The lowest BCUT2D eigenvalue weighted by Gasteiger charge is -2.29. The highest BCUT2D eigenvalue weighted by Crippen LogP contribution is 2.38. The molecule has 27 heavy (non-hydrogen) atoms. The Morgan fingerprint density at radius 2 is 1.74 bits per heavy atom. The highest BCUT2D eigenvalue weighted by Gasteiger charge is 2.58. The molecular weight excluding hydrogens is 402 g/mol. The van der Waals surface area contributed by atoms with Gasteiger partial charge in [-0.05, 0) is 27.7 Å². The Labute approximate surface area is 153 Å². The summed E-state index contributed by atoms with van der Waals surface area (Å²) < 4.78 is 87.5. The van der Waals surface area contributed by atoms with Gasteiger partial charge in [-0.15, -0.1) is 0 Å². The van der Waals surface area contributed by atoms with Crippen molar-refractivity contribution in [2.24, 2.45) is 0 Å². The average Bonchev–Trinajstić information content (AvgIpc) is 2.72. The molecule has 1 N–H and O–H groups in total. The van der Waals surface area contributed by atoms with Gasteiger partial charge in [-0.3, -0.25) is 4.18 Å². The van der Waals surface area contributed by atoms with Crippen molar-refractivity contribution in [3.8, 4) is 0 Å². The molecule has 1 rings (SSSR count). The van der Waals surface area contributed by atoms with E-state index in [1.165, 1.54) is 27.7 Å². The van der Waals surface area contributed by atoms with Gasteiger partial charge in [-0.2, -0.15) is 21.6 Å². The van der Waals surface area contributed by atoms with E-state index in [1.807, 2.05) is 0 Å². The Balaban J connectivity index is 3.09. The highest BCUT2D eigenvalue weighted by atomic mass is 32.2. The van der Waals surface area contributed by atoms with E-state index in [1.54, 1.807) is 0 Å². The van der Waals surface area contributed by atoms with Crippen LogP contribution in [0.1, 0.15) is 40.5 Å². The van der Waals surface area contributed by atoms with Crippen molar-refractivity contribution in [1.29, 1.82) is 0 Å². The molecule has 0 aliphatic heterocycles. The van der Waals surface area contributed by atoms with Crippen LogP contribution in [-0.4, -0.2) is 56.0 Å². The number of carbonyl (C=O) groups is 2. The first-order valence-corrected chi connectivity index (χ1v) is 9.26. The molecule has 0 aromatic heterocycles. The fourth-order valence-corrected chi connectivity index (χ4v) is 3.04. The molecule has 0 aromatic carbocycles. The van der Waals surface area contributed by atoms with Crippen LogP contribution in [0, 0.1) is 0 Å². The van der Waals surface area contributed by atoms with Crippen molar-refractivity contribution in [3.63, 3.8) is 0 Å². The fourth-order valence-electron chi connectivity index (χ4n) is 2.42. The van der Waals surface area contributed by atoms with Crippen molar-refractivity contribution in [2.75, 3.05) is 6.61 Å². The summed E-state index contributed by atoms with van der Waals surface area (Å²) in [4.78, 5) is 24.2. The minimum absolute atomic E-state index is 0.167. The molecule has 3 atom stereocenters. The summed E-state index contributed by atoms with van der Waals surface area (Å²) in [5, 5.41) is 2.09. The van der Waals surface area contributed by atoms with Crippen molar-refractivity contribution in [3.05, 3.63) is 0 Å². The van der Waals surface area contributed by atoms with Crippen molar-refractivity contribution in [2.45, 2.75) is 69.5 Å². The Hall–Kier alpha value is -1.63. The number of carbonyl (C=O) groups excluding carboxylic acids is 2. The molecule has 1 saturated carbocycles. The molecule has 1 aliphatic carbocycles. The molecular formula is C14H21F4NO7S. The zero-order chi connectivity index (χ0) is 21.3. The van der Waals surface area contributed by atoms with Gasteiger partial charge in [0.25, 0.3) is 0 Å². The number of esters is 1. The maximum atomic E-state index is 14.2. The molecule has 0 spiro atoms. The predicted octanol–water partition coefficient (Wildman–Crippen LogP) is 2.18. The number of rotatable bonds is 5. The van der Waals surface area contributed by atoms with Gasteiger partial charge >= 0.3 is 27.7 Å². The van der Waals surface area contributed by atoms with E-state index < -0.39 is 63.9 Å². The first-order valence-electron chi connectivity index (χ1n) is 7.85. The number of alkyl halides is 4. The number of hydrogen-bond acceptors (Lipinski definition) is 7. The minimum Gasteiger partial charge on any atom is -0.464 e. The van der Waals surface area contributed by atoms with Gasteiger partial charge in [0.1, 0.15) is 23.4 Å². The maximum Gasteiger partial charge on any atom is 0.523 e. The largest absolute Gasteiger partial charge is 0.523 e. The average molecular weight is 423 g/mol. The third-order valence-corrected chi connectivity index (χ3v) is 4.50. The summed E-state index contributed by atoms with van der Waals surface area (Å²) in [6.07, 6.45) is -7.32. The van der Waals surface area contributed by atoms with Crippen LogP contribution < -0.4 is 5.32 Å². The SMILES string of the molecule is CCOC(=O)[C@]1(NC(=O)OC(C)(C)C)C[C@H](F)[C@H](OS(=O)(=O)C(F)(F)F)C1. The molecule has 0 saturated heterocycles. The molecule has 1 fully saturated rings. The topological polar surface area (TPSA) is 108 Å². The number of nitrogens with one attached hydrogen (secondary N) is 1. The Kier molecular flexibility index (Phi) is 6.74. The second-order valence-corrected chi connectivity index (χ2v) is 8.45. The summed E-state index contributed by atoms with van der Waals surface area (Å²) in [6.45, 7) is 5.79. The lowest BCUT2D eigenvalue weighted by atomic mass is 9.97. The highest BCUT2D eigenvalue weighted by molar-refractivity contribution is 7.87. The molecule has 0 aromatic rings. The molecule has 158 valence electrons. The molecule has 0 radical (unpaired) electrons. The van der Waals surface area contributed by atoms with E-state index in [0.29, 0.717) is 0 Å². The van der Waals surface area contributed by atoms with Crippen LogP contribution >= 0.6 is 0 Å². The van der Waals surface area contributed by atoms with E-state index in [-0.39, 0.29) is 6.61 Å². The van der Waals surface area contributed by atoms with Gasteiger partial charge in [-0.1, -0.05) is 0 Å². The van der Waals surface area contributed by atoms with Crippen LogP contribution in [0.2, 0.25) is 0 Å². The third kappa shape index (κ3) is 5.92. The quantitative estimate of drug-likeness (QED) is 0.313. The molecule has 13 heteroatoms. The Morgan fingerprint density at radius 3 is 2.19 bits per heavy atom. The van der Waals surface area contributed by atoms with E-state index in [2.05, 4.69) is 9.50 Å². The first-order chi connectivity index (χ1) is 12.0. The van der Waals surface area contributed by atoms with E-state index in [0.717, 1.165) is 0 Å². The van der Waals surface area contributed by atoms with Crippen LogP contribution in [-0.2, 0) is 28.6 Å². The second kappa shape index (κ2) is 7.78. The molecule has 0 unspecified atom stereocenters. The van der Waals surface area contributed by atoms with Gasteiger partial charge in [0, 0.05) is 12.8 Å². The van der Waals surface area contributed by atoms with Crippen molar-refractivity contribution in [1.82, 2.24) is 5.32 Å². The number of alkyl carbamates (subject to hydrolysis) is 1. The van der Waals surface area contributed by atoms with Crippen LogP contribution in [0.5, 0.6) is 0 Å². The Bertz CT molecular complexity index is 674. The fraction of sp³-hybridized carbons (Fsp3) is 0.857. The summed E-state index contributed by atoms with van der Waals surface area (Å²) in [5.74, 6) is -1.14. The zero-order valence-corrected chi connectivity index (χ0v) is 15.9. The van der Waals surface area contributed by atoms with Gasteiger partial charge in [0.2, 0.25) is 0 Å². The van der Waals surface area contributed by atoms with Crippen molar-refractivity contribution >= 4 is 22.2 Å². The molecule has 0 bridgehead atoms. The standard InChI is InChI=1S/C14H21F4NO7S/c1-5-24-10(20)13(19-11(21)25-12(2,3)4)6-8(15)9(7-13)26-27(22,23)14(16,17)18/h8-9H,5-7H2,1-4H3,(H,19,21)/t8-,9+,13-/m0/s1. The van der Waals surface area contributed by atoms with Gasteiger partial charge in [0.15, 0.2) is 0 Å². The molecule has 8 nitrogen and oxygen atoms in total. The summed E-state index contributed by atoms with van der Waals surface area (Å²) >= 11 is 0. The number of amides is 1. The summed E-state index contributed by atoms with van der Waals surface area (Å²) in [5.41, 5.74) is -8.88. The monoisotopic (exact) mass is 423 g/mol. The van der Waals surface area contributed by atoms with Crippen LogP contribution in [0.3, 0.4) is 0 Å². The normalized spacial score (nSPS) is 26.5.